The summed E-state index contributed by atoms with van der Waals surface area (Å²) in [6.45, 7) is 9.50. The highest BCUT2D eigenvalue weighted by Gasteiger charge is 2.39. The molecule has 9 aromatic carbocycles. The molecule has 0 amide bonds. The molecule has 0 N–H and O–H groups in total. The Balaban J connectivity index is 1.00. The van der Waals surface area contributed by atoms with E-state index in [0.717, 1.165) is 17.1 Å². The molecule has 0 spiro atoms. The summed E-state index contributed by atoms with van der Waals surface area (Å²) in [6, 6.07) is 78.4. The molecule has 2 aliphatic carbocycles. The SMILES string of the molecule is CC1(C)c2ccccc2-c2ccc(N(c3ccc(-c4ccc(-c5ccc(-c6ccccc6)cc5)cc4)cc3)c3ccccc3-c3cccc4c3C(C)(C)c3ccccc3-4)cc21. The second-order valence-corrected chi connectivity index (χ2v) is 17.7. The number of para-hydroxylation sites is 1. The summed E-state index contributed by atoms with van der Waals surface area (Å²) < 4.78 is 0. The van der Waals surface area contributed by atoms with E-state index >= 15 is 0 Å². The standard InChI is InChI=1S/C60H47N/c1-59(2)54-22-11-8-17-48(54)50-38-37-47(39-56(50)59)61(57-24-13-10-19-51(57)53-21-14-20-52-49-18-9-12-23-55(49)60(3,4)58(52)53)46-35-33-45(34-36-46)44-31-29-43(30-32-44)42-27-25-41(26-28-42)40-15-6-5-7-16-40/h5-39H,1-4H3. The molecule has 292 valence electrons. The van der Waals surface area contributed by atoms with E-state index in [2.05, 4.69) is 245 Å². The average Bonchev–Trinajstić information content (AvgIpc) is 3.69. The van der Waals surface area contributed by atoms with E-state index in [1.807, 2.05) is 0 Å². The summed E-state index contributed by atoms with van der Waals surface area (Å²) in [5.41, 5.74) is 23.8. The minimum atomic E-state index is -0.146. The molecule has 0 atom stereocenters. The molecule has 0 saturated carbocycles. The van der Waals surface area contributed by atoms with Gasteiger partial charge in [-0.3, -0.25) is 0 Å². The largest absolute Gasteiger partial charge is 0.310 e. The van der Waals surface area contributed by atoms with Crippen molar-refractivity contribution in [1.29, 1.82) is 0 Å². The Morgan fingerprint density at radius 2 is 0.672 bits per heavy atom. The number of benzene rings is 9. The first-order chi connectivity index (χ1) is 29.8. The summed E-state index contributed by atoms with van der Waals surface area (Å²) in [5.74, 6) is 0. The number of anilines is 3. The molecule has 2 aliphatic rings. The highest BCUT2D eigenvalue weighted by molar-refractivity contribution is 5.95. The second kappa shape index (κ2) is 14.2. The fourth-order valence-corrected chi connectivity index (χ4v) is 10.4. The van der Waals surface area contributed by atoms with Crippen molar-refractivity contribution in [3.63, 3.8) is 0 Å². The van der Waals surface area contributed by atoms with Gasteiger partial charge in [-0.05, 0) is 114 Å². The maximum Gasteiger partial charge on any atom is 0.0540 e. The molecule has 11 rings (SSSR count). The van der Waals surface area contributed by atoms with Gasteiger partial charge in [-0.15, -0.1) is 0 Å². The molecule has 0 unspecified atom stereocenters. The molecular weight excluding hydrogens is 735 g/mol. The quantitative estimate of drug-likeness (QED) is 0.156. The molecule has 0 saturated heterocycles. The highest BCUT2D eigenvalue weighted by Crippen LogP contribution is 2.55. The van der Waals surface area contributed by atoms with Crippen molar-refractivity contribution in [1.82, 2.24) is 0 Å². The zero-order valence-electron chi connectivity index (χ0n) is 35.2. The zero-order valence-corrected chi connectivity index (χ0v) is 35.2. The van der Waals surface area contributed by atoms with Crippen molar-refractivity contribution in [2.75, 3.05) is 4.90 Å². The van der Waals surface area contributed by atoms with Crippen LogP contribution in [0.1, 0.15) is 49.9 Å². The van der Waals surface area contributed by atoms with Gasteiger partial charge in [0.25, 0.3) is 0 Å². The third-order valence-electron chi connectivity index (χ3n) is 13.5. The minimum absolute atomic E-state index is 0.122. The predicted octanol–water partition coefficient (Wildman–Crippen LogP) is 16.4. The highest BCUT2D eigenvalue weighted by atomic mass is 15.1. The zero-order chi connectivity index (χ0) is 41.3. The number of rotatable bonds is 7. The van der Waals surface area contributed by atoms with Crippen molar-refractivity contribution in [3.05, 3.63) is 235 Å². The summed E-state index contributed by atoms with van der Waals surface area (Å²) in [6.07, 6.45) is 0. The Labute approximate surface area is 360 Å². The third kappa shape index (κ3) is 5.99. The topological polar surface area (TPSA) is 3.24 Å². The van der Waals surface area contributed by atoms with Crippen LogP contribution in [0.2, 0.25) is 0 Å². The lowest BCUT2D eigenvalue weighted by atomic mass is 9.78. The maximum absolute atomic E-state index is 2.48. The normalized spacial score (nSPS) is 13.8. The fraction of sp³-hybridized carbons (Fsp3) is 0.100. The lowest BCUT2D eigenvalue weighted by Crippen LogP contribution is -2.18. The van der Waals surface area contributed by atoms with Gasteiger partial charge in [-0.25, -0.2) is 0 Å². The van der Waals surface area contributed by atoms with Crippen LogP contribution in [0.4, 0.5) is 17.1 Å². The second-order valence-electron chi connectivity index (χ2n) is 17.7. The van der Waals surface area contributed by atoms with E-state index in [9.17, 15) is 0 Å². The molecule has 0 radical (unpaired) electrons. The van der Waals surface area contributed by atoms with Crippen molar-refractivity contribution in [2.24, 2.45) is 0 Å². The van der Waals surface area contributed by atoms with Gasteiger partial charge in [-0.1, -0.05) is 210 Å². The van der Waals surface area contributed by atoms with E-state index in [0.29, 0.717) is 0 Å². The van der Waals surface area contributed by atoms with Gasteiger partial charge >= 0.3 is 0 Å². The molecule has 0 aromatic heterocycles. The van der Waals surface area contributed by atoms with Gasteiger partial charge in [0.1, 0.15) is 0 Å². The Morgan fingerprint density at radius 3 is 1.26 bits per heavy atom. The first kappa shape index (κ1) is 36.8. The first-order valence-corrected chi connectivity index (χ1v) is 21.5. The Kier molecular flexibility index (Phi) is 8.58. The Morgan fingerprint density at radius 1 is 0.279 bits per heavy atom. The minimum Gasteiger partial charge on any atom is -0.310 e. The van der Waals surface area contributed by atoms with Gasteiger partial charge in [0, 0.05) is 27.8 Å². The van der Waals surface area contributed by atoms with Gasteiger partial charge < -0.3 is 4.90 Å². The van der Waals surface area contributed by atoms with E-state index in [1.54, 1.807) is 0 Å². The van der Waals surface area contributed by atoms with Gasteiger partial charge in [-0.2, -0.15) is 0 Å². The van der Waals surface area contributed by atoms with Crippen LogP contribution in [0.25, 0.3) is 66.8 Å². The van der Waals surface area contributed by atoms with Crippen molar-refractivity contribution in [2.45, 2.75) is 38.5 Å². The Hall–Kier alpha value is -7.22. The van der Waals surface area contributed by atoms with E-state index in [-0.39, 0.29) is 10.8 Å². The molecule has 0 bridgehead atoms. The van der Waals surface area contributed by atoms with Crippen molar-refractivity contribution < 1.29 is 0 Å². The summed E-state index contributed by atoms with van der Waals surface area (Å²) in [7, 11) is 0. The van der Waals surface area contributed by atoms with Crippen LogP contribution >= 0.6 is 0 Å². The van der Waals surface area contributed by atoms with Crippen LogP contribution < -0.4 is 4.90 Å². The molecule has 0 fully saturated rings. The summed E-state index contributed by atoms with van der Waals surface area (Å²) >= 11 is 0. The van der Waals surface area contributed by atoms with Crippen LogP contribution in [-0.2, 0) is 10.8 Å². The number of hydrogen-bond acceptors (Lipinski definition) is 1. The Bertz CT molecular complexity index is 3100. The molecular formula is C60H47N. The van der Waals surface area contributed by atoms with Crippen LogP contribution in [0, 0.1) is 0 Å². The predicted molar refractivity (Wildman–Crippen MR) is 258 cm³/mol. The lowest BCUT2D eigenvalue weighted by molar-refractivity contribution is 0.660. The van der Waals surface area contributed by atoms with Crippen LogP contribution in [-0.4, -0.2) is 0 Å². The number of fused-ring (bicyclic) bond motifs is 6. The molecule has 1 nitrogen and oxygen atoms in total. The average molecular weight is 782 g/mol. The van der Waals surface area contributed by atoms with Crippen LogP contribution in [0.5, 0.6) is 0 Å². The molecule has 0 aliphatic heterocycles. The van der Waals surface area contributed by atoms with Gasteiger partial charge in [0.05, 0.1) is 5.69 Å². The smallest absolute Gasteiger partial charge is 0.0540 e. The van der Waals surface area contributed by atoms with Gasteiger partial charge in [0.2, 0.25) is 0 Å². The summed E-state index contributed by atoms with van der Waals surface area (Å²) in [4.78, 5) is 2.48. The third-order valence-corrected chi connectivity index (χ3v) is 13.5. The van der Waals surface area contributed by atoms with Gasteiger partial charge in [0.15, 0.2) is 0 Å². The van der Waals surface area contributed by atoms with Crippen LogP contribution in [0.15, 0.2) is 212 Å². The first-order valence-electron chi connectivity index (χ1n) is 21.5. The molecule has 9 aromatic rings. The summed E-state index contributed by atoms with van der Waals surface area (Å²) in [5, 5.41) is 0. The maximum atomic E-state index is 2.48. The molecule has 61 heavy (non-hydrogen) atoms. The van der Waals surface area contributed by atoms with E-state index < -0.39 is 0 Å². The van der Waals surface area contributed by atoms with Crippen LogP contribution in [0.3, 0.4) is 0 Å². The number of nitrogens with zero attached hydrogens (tertiary/aromatic N) is 1. The molecule has 0 heterocycles. The fourth-order valence-electron chi connectivity index (χ4n) is 10.4. The monoisotopic (exact) mass is 781 g/mol. The lowest BCUT2D eigenvalue weighted by Gasteiger charge is -2.31. The molecule has 1 heteroatoms. The van der Waals surface area contributed by atoms with Crippen molar-refractivity contribution in [3.8, 4) is 66.8 Å². The van der Waals surface area contributed by atoms with E-state index in [4.69, 9.17) is 0 Å². The van der Waals surface area contributed by atoms with Crippen molar-refractivity contribution >= 4 is 17.1 Å². The van der Waals surface area contributed by atoms with E-state index in [1.165, 1.54) is 89.0 Å². The number of hydrogen-bond donors (Lipinski definition) is 0.